The first-order valence-corrected chi connectivity index (χ1v) is 8.97. The van der Waals surface area contributed by atoms with Gasteiger partial charge < -0.3 is 13.9 Å². The van der Waals surface area contributed by atoms with Gasteiger partial charge in [-0.1, -0.05) is 42.5 Å². The summed E-state index contributed by atoms with van der Waals surface area (Å²) in [5, 5.41) is 2.56. The number of aromatic nitrogens is 3. The van der Waals surface area contributed by atoms with Crippen molar-refractivity contribution in [3.05, 3.63) is 79.1 Å². The van der Waals surface area contributed by atoms with Crippen molar-refractivity contribution in [3.8, 4) is 11.1 Å². The molecule has 2 aromatic carbocycles. The number of methoxy groups -OCH3 is 1. The van der Waals surface area contributed by atoms with Crippen molar-refractivity contribution in [2.24, 2.45) is 0 Å². The second-order valence-electron chi connectivity index (χ2n) is 6.52. The van der Waals surface area contributed by atoms with Crippen LogP contribution in [0.2, 0.25) is 0 Å². The van der Waals surface area contributed by atoms with E-state index in [4.69, 9.17) is 4.74 Å². The molecule has 0 N–H and O–H groups in total. The van der Waals surface area contributed by atoms with Crippen molar-refractivity contribution in [2.45, 2.75) is 19.5 Å². The fourth-order valence-electron chi connectivity index (χ4n) is 3.42. The lowest BCUT2D eigenvalue weighted by molar-refractivity contribution is 0.190. The lowest BCUT2D eigenvalue weighted by Gasteiger charge is -2.09. The second-order valence-corrected chi connectivity index (χ2v) is 6.52. The fraction of sp³-hybridized carbons (Fsp3) is 0.227. The third-order valence-electron chi connectivity index (χ3n) is 4.74. The normalized spacial score (nSPS) is 11.3. The molecule has 132 valence electrons. The minimum absolute atomic E-state index is 0.770. The topological polar surface area (TPSA) is 32.0 Å². The van der Waals surface area contributed by atoms with Crippen LogP contribution >= 0.6 is 0 Å². The maximum Gasteiger partial charge on any atom is 0.0948 e. The molecule has 0 aliphatic rings. The summed E-state index contributed by atoms with van der Waals surface area (Å²) in [4.78, 5) is 4.31. The van der Waals surface area contributed by atoms with Crippen LogP contribution in [-0.2, 0) is 17.8 Å². The second kappa shape index (κ2) is 7.58. The zero-order valence-electron chi connectivity index (χ0n) is 15.0. The maximum atomic E-state index is 5.15. The van der Waals surface area contributed by atoms with E-state index in [1.54, 1.807) is 7.11 Å². The number of aryl methyl sites for hydroxylation is 1. The molecular weight excluding hydrogens is 322 g/mol. The van der Waals surface area contributed by atoms with E-state index >= 15 is 0 Å². The van der Waals surface area contributed by atoms with Crippen molar-refractivity contribution in [1.82, 2.24) is 14.1 Å². The molecule has 0 saturated carbocycles. The molecule has 0 radical (unpaired) electrons. The zero-order valence-corrected chi connectivity index (χ0v) is 15.0. The van der Waals surface area contributed by atoms with Crippen molar-refractivity contribution in [3.63, 3.8) is 0 Å². The Morgan fingerprint density at radius 2 is 1.92 bits per heavy atom. The van der Waals surface area contributed by atoms with E-state index < -0.39 is 0 Å². The molecule has 0 atom stereocenters. The highest BCUT2D eigenvalue weighted by molar-refractivity contribution is 5.96. The SMILES string of the molecule is COCCCn1cncc1Cn1ccc(-c2cccc3ccccc23)c1. The Balaban J connectivity index is 1.56. The van der Waals surface area contributed by atoms with E-state index in [1.165, 1.54) is 27.6 Å². The summed E-state index contributed by atoms with van der Waals surface area (Å²) < 4.78 is 9.57. The van der Waals surface area contributed by atoms with E-state index in [1.807, 2.05) is 12.5 Å². The van der Waals surface area contributed by atoms with Gasteiger partial charge in [-0.3, -0.25) is 0 Å². The smallest absolute Gasteiger partial charge is 0.0948 e. The van der Waals surface area contributed by atoms with Gasteiger partial charge in [0.25, 0.3) is 0 Å². The molecule has 4 nitrogen and oxygen atoms in total. The van der Waals surface area contributed by atoms with Crippen molar-refractivity contribution >= 4 is 10.8 Å². The number of benzene rings is 2. The number of hydrogen-bond acceptors (Lipinski definition) is 2. The zero-order chi connectivity index (χ0) is 17.8. The standard InChI is InChI=1S/C22H23N3O/c1-26-13-5-11-25-17-23-14-20(25)16-24-12-10-19(15-24)22-9-4-7-18-6-2-3-8-21(18)22/h2-4,6-10,12,14-15,17H,5,11,13,16H2,1H3. The highest BCUT2D eigenvalue weighted by Crippen LogP contribution is 2.28. The van der Waals surface area contributed by atoms with E-state index in [2.05, 4.69) is 75.0 Å². The van der Waals surface area contributed by atoms with Gasteiger partial charge in [-0.25, -0.2) is 4.98 Å². The van der Waals surface area contributed by atoms with Crippen molar-refractivity contribution in [2.75, 3.05) is 13.7 Å². The largest absolute Gasteiger partial charge is 0.385 e. The molecule has 0 amide bonds. The van der Waals surface area contributed by atoms with Gasteiger partial charge in [-0.05, 0) is 34.4 Å². The Morgan fingerprint density at radius 1 is 1.04 bits per heavy atom. The van der Waals surface area contributed by atoms with Crippen LogP contribution < -0.4 is 0 Å². The summed E-state index contributed by atoms with van der Waals surface area (Å²) in [5.41, 5.74) is 3.73. The van der Waals surface area contributed by atoms with Crippen molar-refractivity contribution in [1.29, 1.82) is 0 Å². The molecular formula is C22H23N3O. The number of hydrogen-bond donors (Lipinski definition) is 0. The minimum atomic E-state index is 0.770. The summed E-state index contributed by atoms with van der Waals surface area (Å²) in [7, 11) is 1.74. The molecule has 2 aromatic heterocycles. The first kappa shape index (κ1) is 16.6. The quantitative estimate of drug-likeness (QED) is 0.459. The van der Waals surface area contributed by atoms with Gasteiger partial charge in [0.2, 0.25) is 0 Å². The molecule has 0 saturated heterocycles. The van der Waals surface area contributed by atoms with Gasteiger partial charge in [0.05, 0.1) is 18.6 Å². The molecule has 4 aromatic rings. The number of nitrogens with zero attached hydrogens (tertiary/aromatic N) is 3. The Morgan fingerprint density at radius 3 is 2.85 bits per heavy atom. The van der Waals surface area contributed by atoms with Gasteiger partial charge in [0.1, 0.15) is 0 Å². The van der Waals surface area contributed by atoms with Crippen LogP contribution in [-0.4, -0.2) is 27.8 Å². The van der Waals surface area contributed by atoms with Gasteiger partial charge in [-0.2, -0.15) is 0 Å². The number of imidazole rings is 1. The molecule has 0 spiro atoms. The molecule has 0 aliphatic carbocycles. The lowest BCUT2D eigenvalue weighted by atomic mass is 10.0. The molecule has 0 unspecified atom stereocenters. The third kappa shape index (κ3) is 3.41. The van der Waals surface area contributed by atoms with Crippen LogP contribution in [0.1, 0.15) is 12.1 Å². The highest BCUT2D eigenvalue weighted by atomic mass is 16.5. The van der Waals surface area contributed by atoms with Crippen LogP contribution in [0.5, 0.6) is 0 Å². The Labute approximate surface area is 153 Å². The first-order valence-electron chi connectivity index (χ1n) is 8.97. The van der Waals surface area contributed by atoms with E-state index in [0.717, 1.165) is 26.1 Å². The number of rotatable bonds is 7. The predicted octanol–water partition coefficient (Wildman–Crippen LogP) is 4.59. The van der Waals surface area contributed by atoms with E-state index in [-0.39, 0.29) is 0 Å². The molecule has 0 fully saturated rings. The summed E-state index contributed by atoms with van der Waals surface area (Å²) in [6.07, 6.45) is 9.20. The van der Waals surface area contributed by atoms with Crippen LogP contribution in [0.3, 0.4) is 0 Å². The predicted molar refractivity (Wildman–Crippen MR) is 105 cm³/mol. The van der Waals surface area contributed by atoms with Crippen LogP contribution in [0.15, 0.2) is 73.4 Å². The number of fused-ring (bicyclic) bond motifs is 1. The van der Waals surface area contributed by atoms with Gasteiger partial charge in [0, 0.05) is 38.9 Å². The number of ether oxygens (including phenoxy) is 1. The van der Waals surface area contributed by atoms with E-state index in [9.17, 15) is 0 Å². The summed E-state index contributed by atoms with van der Waals surface area (Å²) in [6.45, 7) is 2.52. The Hall–Kier alpha value is -2.85. The van der Waals surface area contributed by atoms with Gasteiger partial charge >= 0.3 is 0 Å². The summed E-state index contributed by atoms with van der Waals surface area (Å²) >= 11 is 0. The Bertz CT molecular complexity index is 994. The molecule has 0 bridgehead atoms. The van der Waals surface area contributed by atoms with Crippen LogP contribution in [0.25, 0.3) is 21.9 Å². The molecule has 0 aliphatic heterocycles. The first-order chi connectivity index (χ1) is 12.8. The average molecular weight is 345 g/mol. The van der Waals surface area contributed by atoms with E-state index in [0.29, 0.717) is 0 Å². The van der Waals surface area contributed by atoms with Gasteiger partial charge in [-0.15, -0.1) is 0 Å². The van der Waals surface area contributed by atoms with Crippen LogP contribution in [0, 0.1) is 0 Å². The molecule has 2 heterocycles. The molecule has 4 rings (SSSR count). The monoisotopic (exact) mass is 345 g/mol. The molecule has 4 heteroatoms. The molecule has 26 heavy (non-hydrogen) atoms. The maximum absolute atomic E-state index is 5.15. The minimum Gasteiger partial charge on any atom is -0.385 e. The third-order valence-corrected chi connectivity index (χ3v) is 4.74. The Kier molecular flexibility index (Phi) is 4.84. The summed E-state index contributed by atoms with van der Waals surface area (Å²) in [5.74, 6) is 0. The van der Waals surface area contributed by atoms with Crippen molar-refractivity contribution < 1.29 is 4.74 Å². The highest BCUT2D eigenvalue weighted by Gasteiger charge is 2.07. The van der Waals surface area contributed by atoms with Crippen LogP contribution in [0.4, 0.5) is 0 Å². The van der Waals surface area contributed by atoms with Gasteiger partial charge in [0.15, 0.2) is 0 Å². The fourth-order valence-corrected chi connectivity index (χ4v) is 3.42. The average Bonchev–Trinajstić information content (AvgIpc) is 3.32. The summed E-state index contributed by atoms with van der Waals surface area (Å²) in [6, 6.07) is 17.2. The lowest BCUT2D eigenvalue weighted by Crippen LogP contribution is -2.07.